The molecule has 0 N–H and O–H groups in total. The monoisotopic (exact) mass is 408 g/mol. The SMILES string of the molecule is C=C(/C(=C/CCC(C)=O)B1OC(C)(C)C(C)(C)O1)C(C)O[Si](C)(C)C(C)(C)C. The van der Waals surface area contributed by atoms with Gasteiger partial charge in [-0.1, -0.05) is 33.4 Å². The van der Waals surface area contributed by atoms with E-state index in [4.69, 9.17) is 13.7 Å². The normalized spacial score (nSPS) is 21.0. The zero-order valence-electron chi connectivity index (χ0n) is 20.0. The lowest BCUT2D eigenvalue weighted by atomic mass is 9.72. The molecule has 0 saturated carbocycles. The molecule has 1 atom stereocenters. The number of ketones is 1. The van der Waals surface area contributed by atoms with Gasteiger partial charge in [0, 0.05) is 6.42 Å². The standard InChI is InChI=1S/C22H41BO4Si/c1-16(24)14-13-15-19(23-26-21(7,8)22(9,10)27-23)17(2)18(3)25-28(11,12)20(4,5)6/h15,18H,2,13-14H2,1,3-12H3/b19-15-. The third-order valence-corrected chi connectivity index (χ3v) is 11.1. The molecule has 0 bridgehead atoms. The molecule has 0 aromatic heterocycles. The van der Waals surface area contributed by atoms with Gasteiger partial charge in [-0.3, -0.25) is 0 Å². The van der Waals surface area contributed by atoms with Crippen molar-refractivity contribution < 1.29 is 18.5 Å². The Labute approximate surface area is 174 Å². The predicted octanol–water partition coefficient (Wildman–Crippen LogP) is 5.88. The van der Waals surface area contributed by atoms with E-state index in [1.54, 1.807) is 6.92 Å². The highest BCUT2D eigenvalue weighted by atomic mass is 28.4. The van der Waals surface area contributed by atoms with E-state index in [1.807, 2.05) is 40.7 Å². The van der Waals surface area contributed by atoms with Crippen LogP contribution in [0.3, 0.4) is 0 Å². The van der Waals surface area contributed by atoms with E-state index in [2.05, 4.69) is 40.4 Å². The Morgan fingerprint density at radius 1 is 1.18 bits per heavy atom. The Kier molecular flexibility index (Phi) is 7.77. The molecule has 0 aromatic rings. The van der Waals surface area contributed by atoms with Crippen LogP contribution in [-0.2, 0) is 18.5 Å². The summed E-state index contributed by atoms with van der Waals surface area (Å²) in [6.07, 6.45) is 3.02. The number of Topliss-reactive ketones (excluding diaryl/α,β-unsaturated/α-hetero) is 1. The fraction of sp³-hybridized carbons (Fsp3) is 0.773. The number of allylic oxidation sites excluding steroid dienone is 1. The van der Waals surface area contributed by atoms with Gasteiger partial charge in [-0.25, -0.2) is 0 Å². The van der Waals surface area contributed by atoms with Crippen molar-refractivity contribution in [1.82, 2.24) is 0 Å². The van der Waals surface area contributed by atoms with Crippen molar-refractivity contribution in [2.45, 2.75) is 111 Å². The summed E-state index contributed by atoms with van der Waals surface area (Å²) in [7, 11) is -2.45. The van der Waals surface area contributed by atoms with Gasteiger partial charge in [-0.2, -0.15) is 0 Å². The Balaban J connectivity index is 3.12. The van der Waals surface area contributed by atoms with Crippen LogP contribution in [0.5, 0.6) is 0 Å². The zero-order chi connectivity index (χ0) is 22.1. The molecule has 1 aliphatic heterocycles. The molecule has 1 unspecified atom stereocenters. The summed E-state index contributed by atoms with van der Waals surface area (Å²) in [5.41, 5.74) is 0.903. The van der Waals surface area contributed by atoms with Crippen LogP contribution in [0.25, 0.3) is 0 Å². The average molecular weight is 408 g/mol. The summed E-state index contributed by atoms with van der Waals surface area (Å²) >= 11 is 0. The first kappa shape index (κ1) is 25.3. The molecule has 1 fully saturated rings. The topological polar surface area (TPSA) is 44.8 Å². The minimum atomic E-state index is -1.95. The van der Waals surface area contributed by atoms with Crippen LogP contribution in [0, 0.1) is 0 Å². The number of rotatable bonds is 8. The van der Waals surface area contributed by atoms with Crippen molar-refractivity contribution in [1.29, 1.82) is 0 Å². The second-order valence-corrected chi connectivity index (χ2v) is 15.3. The van der Waals surface area contributed by atoms with Gasteiger partial charge in [-0.05, 0) is 77.1 Å². The molecule has 6 heteroatoms. The summed E-state index contributed by atoms with van der Waals surface area (Å²) in [4.78, 5) is 11.4. The molecule has 1 saturated heterocycles. The minimum Gasteiger partial charge on any atom is -0.410 e. The molecule has 0 aromatic carbocycles. The first-order valence-corrected chi connectivity index (χ1v) is 13.2. The van der Waals surface area contributed by atoms with Gasteiger partial charge in [0.25, 0.3) is 0 Å². The average Bonchev–Trinajstić information content (AvgIpc) is 2.69. The number of hydrogen-bond donors (Lipinski definition) is 0. The van der Waals surface area contributed by atoms with Gasteiger partial charge in [0.05, 0.1) is 17.3 Å². The maximum Gasteiger partial charge on any atom is 0.494 e. The van der Waals surface area contributed by atoms with E-state index in [1.165, 1.54) is 0 Å². The van der Waals surface area contributed by atoms with Crippen LogP contribution in [0.2, 0.25) is 18.1 Å². The minimum absolute atomic E-state index is 0.115. The molecule has 0 spiro atoms. The van der Waals surface area contributed by atoms with Crippen molar-refractivity contribution >= 4 is 21.2 Å². The Bertz CT molecular complexity index is 613. The van der Waals surface area contributed by atoms with Gasteiger partial charge in [0.2, 0.25) is 0 Å². The number of hydrogen-bond acceptors (Lipinski definition) is 4. The van der Waals surface area contributed by atoms with Crippen LogP contribution in [0.4, 0.5) is 0 Å². The van der Waals surface area contributed by atoms with Gasteiger partial charge >= 0.3 is 7.12 Å². The van der Waals surface area contributed by atoms with Gasteiger partial charge < -0.3 is 18.5 Å². The highest BCUT2D eigenvalue weighted by Crippen LogP contribution is 2.42. The van der Waals surface area contributed by atoms with Gasteiger partial charge in [-0.15, -0.1) is 0 Å². The second kappa shape index (κ2) is 8.59. The zero-order valence-corrected chi connectivity index (χ0v) is 21.0. The van der Waals surface area contributed by atoms with Crippen LogP contribution in [-0.4, -0.2) is 38.5 Å². The molecule has 1 rings (SSSR count). The fourth-order valence-corrected chi connectivity index (χ4v) is 4.08. The smallest absolute Gasteiger partial charge is 0.410 e. The molecule has 28 heavy (non-hydrogen) atoms. The third-order valence-electron chi connectivity index (χ3n) is 6.51. The molecule has 4 nitrogen and oxygen atoms in total. The number of carbonyl (C=O) groups excluding carboxylic acids is 1. The van der Waals surface area contributed by atoms with E-state index in [0.29, 0.717) is 12.8 Å². The molecular formula is C22H41BO4Si. The highest BCUT2D eigenvalue weighted by molar-refractivity contribution is 6.74. The van der Waals surface area contributed by atoms with Gasteiger partial charge in [0.1, 0.15) is 5.78 Å². The van der Waals surface area contributed by atoms with E-state index in [9.17, 15) is 4.79 Å². The predicted molar refractivity (Wildman–Crippen MR) is 121 cm³/mol. The Morgan fingerprint density at radius 3 is 2.04 bits per heavy atom. The fourth-order valence-electron chi connectivity index (χ4n) is 2.70. The van der Waals surface area contributed by atoms with E-state index in [0.717, 1.165) is 11.0 Å². The lowest BCUT2D eigenvalue weighted by molar-refractivity contribution is -0.116. The molecule has 0 aliphatic carbocycles. The van der Waals surface area contributed by atoms with Crippen molar-refractivity contribution in [3.8, 4) is 0 Å². The molecular weight excluding hydrogens is 367 g/mol. The summed E-state index contributed by atoms with van der Waals surface area (Å²) in [5.74, 6) is 0.167. The molecule has 1 heterocycles. The molecule has 0 radical (unpaired) electrons. The van der Waals surface area contributed by atoms with Crippen molar-refractivity contribution in [2.75, 3.05) is 0 Å². The van der Waals surface area contributed by atoms with E-state index >= 15 is 0 Å². The first-order chi connectivity index (χ1) is 12.4. The third kappa shape index (κ3) is 5.91. The number of carbonyl (C=O) groups is 1. The summed E-state index contributed by atoms with van der Waals surface area (Å²) < 4.78 is 19.1. The Morgan fingerprint density at radius 2 is 1.64 bits per heavy atom. The summed E-state index contributed by atoms with van der Waals surface area (Å²) in [6, 6.07) is 0. The summed E-state index contributed by atoms with van der Waals surface area (Å²) in [6.45, 7) is 27.3. The van der Waals surface area contributed by atoms with Crippen molar-refractivity contribution in [3.05, 3.63) is 23.7 Å². The lowest BCUT2D eigenvalue weighted by Gasteiger charge is -2.39. The van der Waals surface area contributed by atoms with Crippen LogP contribution in [0.15, 0.2) is 23.7 Å². The maximum absolute atomic E-state index is 11.4. The van der Waals surface area contributed by atoms with E-state index < -0.39 is 26.6 Å². The van der Waals surface area contributed by atoms with Crippen LogP contribution < -0.4 is 0 Å². The van der Waals surface area contributed by atoms with Crippen molar-refractivity contribution in [3.63, 3.8) is 0 Å². The quantitative estimate of drug-likeness (QED) is 0.372. The van der Waals surface area contributed by atoms with Crippen LogP contribution >= 0.6 is 0 Å². The van der Waals surface area contributed by atoms with Gasteiger partial charge in [0.15, 0.2) is 8.32 Å². The maximum atomic E-state index is 11.4. The lowest BCUT2D eigenvalue weighted by Crippen LogP contribution is -2.44. The van der Waals surface area contributed by atoms with Crippen LogP contribution in [0.1, 0.15) is 75.2 Å². The highest BCUT2D eigenvalue weighted by Gasteiger charge is 2.53. The van der Waals surface area contributed by atoms with Crippen molar-refractivity contribution in [2.24, 2.45) is 0 Å². The molecule has 1 aliphatic rings. The Hall–Kier alpha value is -0.688. The summed E-state index contributed by atoms with van der Waals surface area (Å²) in [5, 5.41) is 0.115. The molecule has 160 valence electrons. The first-order valence-electron chi connectivity index (χ1n) is 10.3. The van der Waals surface area contributed by atoms with E-state index in [-0.39, 0.29) is 16.9 Å². The second-order valence-electron chi connectivity index (χ2n) is 10.5. The largest absolute Gasteiger partial charge is 0.494 e. The molecule has 0 amide bonds.